The highest BCUT2D eigenvalue weighted by Crippen LogP contribution is 2.20. The van der Waals surface area contributed by atoms with Crippen LogP contribution in [0.3, 0.4) is 0 Å². The zero-order valence-electron chi connectivity index (χ0n) is 12.9. The van der Waals surface area contributed by atoms with Crippen LogP contribution in [-0.4, -0.2) is 35.2 Å². The predicted molar refractivity (Wildman–Crippen MR) is 75.4 cm³/mol. The summed E-state index contributed by atoms with van der Waals surface area (Å²) in [4.78, 5) is 11.8. The molecule has 0 saturated heterocycles. The molecule has 0 radical (unpaired) electrons. The summed E-state index contributed by atoms with van der Waals surface area (Å²) in [7, 11) is 0. The molecule has 0 aliphatic heterocycles. The third-order valence-corrected chi connectivity index (χ3v) is 2.40. The SMILES string of the molecule is CC(NCC(O)CC(C)(C)C)C(=O)NC(C)(C)C. The molecule has 4 nitrogen and oxygen atoms in total. The molecule has 0 aromatic heterocycles. The molecule has 0 aromatic carbocycles. The minimum atomic E-state index is -0.421. The molecule has 3 N–H and O–H groups in total. The molecule has 0 fully saturated rings. The maximum absolute atomic E-state index is 11.8. The smallest absolute Gasteiger partial charge is 0.237 e. The molecule has 0 rings (SSSR count). The summed E-state index contributed by atoms with van der Waals surface area (Å²) < 4.78 is 0. The van der Waals surface area contributed by atoms with Crippen LogP contribution in [-0.2, 0) is 4.79 Å². The van der Waals surface area contributed by atoms with Crippen molar-refractivity contribution in [1.82, 2.24) is 10.6 Å². The molecule has 1 amide bonds. The van der Waals surface area contributed by atoms with Crippen LogP contribution in [0.1, 0.15) is 54.9 Å². The zero-order chi connectivity index (χ0) is 14.6. The summed E-state index contributed by atoms with van der Waals surface area (Å²) in [6.07, 6.45) is 0.294. The van der Waals surface area contributed by atoms with Crippen molar-refractivity contribution < 1.29 is 9.90 Å². The Labute approximate surface area is 112 Å². The second-order valence-corrected chi connectivity index (χ2v) is 7.29. The van der Waals surface area contributed by atoms with Crippen molar-refractivity contribution >= 4 is 5.91 Å². The van der Waals surface area contributed by atoms with Gasteiger partial charge in [0.05, 0.1) is 12.1 Å². The molecule has 4 heteroatoms. The fourth-order valence-electron chi connectivity index (χ4n) is 1.66. The molecule has 2 atom stereocenters. The number of nitrogens with one attached hydrogen (secondary N) is 2. The van der Waals surface area contributed by atoms with Gasteiger partial charge in [0, 0.05) is 12.1 Å². The molecule has 0 aromatic rings. The lowest BCUT2D eigenvalue weighted by atomic mass is 9.89. The van der Waals surface area contributed by atoms with E-state index in [1.54, 1.807) is 0 Å². The highest BCUT2D eigenvalue weighted by molar-refractivity contribution is 5.81. The van der Waals surface area contributed by atoms with Gasteiger partial charge in [-0.2, -0.15) is 0 Å². The van der Waals surface area contributed by atoms with Crippen molar-refractivity contribution in [2.45, 2.75) is 72.6 Å². The second-order valence-electron chi connectivity index (χ2n) is 7.29. The van der Waals surface area contributed by atoms with Gasteiger partial charge in [0.25, 0.3) is 0 Å². The zero-order valence-corrected chi connectivity index (χ0v) is 12.9. The van der Waals surface area contributed by atoms with E-state index in [1.807, 2.05) is 27.7 Å². The van der Waals surface area contributed by atoms with Crippen molar-refractivity contribution in [3.63, 3.8) is 0 Å². The highest BCUT2D eigenvalue weighted by atomic mass is 16.3. The largest absolute Gasteiger partial charge is 0.392 e. The van der Waals surface area contributed by atoms with Gasteiger partial charge >= 0.3 is 0 Å². The van der Waals surface area contributed by atoms with Gasteiger partial charge in [-0.3, -0.25) is 4.79 Å². The van der Waals surface area contributed by atoms with E-state index in [9.17, 15) is 9.90 Å². The Morgan fingerprint density at radius 3 is 2.06 bits per heavy atom. The van der Waals surface area contributed by atoms with E-state index in [0.717, 1.165) is 0 Å². The van der Waals surface area contributed by atoms with E-state index >= 15 is 0 Å². The first kappa shape index (κ1) is 17.4. The first-order valence-corrected chi connectivity index (χ1v) is 6.64. The summed E-state index contributed by atoms with van der Waals surface area (Å²) in [6, 6.07) is -0.293. The quantitative estimate of drug-likeness (QED) is 0.703. The fraction of sp³-hybridized carbons (Fsp3) is 0.929. The monoisotopic (exact) mass is 258 g/mol. The third kappa shape index (κ3) is 9.42. The summed E-state index contributed by atoms with van der Waals surface area (Å²) >= 11 is 0. The van der Waals surface area contributed by atoms with E-state index in [1.165, 1.54) is 0 Å². The molecule has 0 heterocycles. The van der Waals surface area contributed by atoms with Gasteiger partial charge in [-0.25, -0.2) is 0 Å². The summed E-state index contributed by atoms with van der Waals surface area (Å²) in [5.74, 6) is -0.0366. The van der Waals surface area contributed by atoms with E-state index in [2.05, 4.69) is 31.4 Å². The Hall–Kier alpha value is -0.610. The Morgan fingerprint density at radius 1 is 1.17 bits per heavy atom. The number of rotatable bonds is 5. The van der Waals surface area contributed by atoms with Gasteiger partial charge in [0.2, 0.25) is 5.91 Å². The van der Waals surface area contributed by atoms with Crippen molar-refractivity contribution in [2.75, 3.05) is 6.54 Å². The highest BCUT2D eigenvalue weighted by Gasteiger charge is 2.21. The molecule has 0 spiro atoms. The Morgan fingerprint density at radius 2 is 1.67 bits per heavy atom. The van der Waals surface area contributed by atoms with Crippen LogP contribution in [0.4, 0.5) is 0 Å². The predicted octanol–water partition coefficient (Wildman–Crippen LogP) is 1.68. The number of hydrogen-bond acceptors (Lipinski definition) is 3. The van der Waals surface area contributed by atoms with Gasteiger partial charge in [-0.05, 0) is 39.5 Å². The van der Waals surface area contributed by atoms with Gasteiger partial charge in [-0.1, -0.05) is 20.8 Å². The molecular weight excluding hydrogens is 228 g/mol. The number of carbonyl (C=O) groups is 1. The van der Waals surface area contributed by atoms with Crippen LogP contribution in [0.2, 0.25) is 0 Å². The van der Waals surface area contributed by atoms with Crippen LogP contribution < -0.4 is 10.6 Å². The molecule has 0 aliphatic rings. The van der Waals surface area contributed by atoms with Gasteiger partial charge < -0.3 is 15.7 Å². The van der Waals surface area contributed by atoms with Crippen molar-refractivity contribution in [2.24, 2.45) is 5.41 Å². The van der Waals surface area contributed by atoms with E-state index in [0.29, 0.717) is 13.0 Å². The summed E-state index contributed by atoms with van der Waals surface area (Å²) in [5, 5.41) is 15.8. The minimum absolute atomic E-state index is 0.0366. The maximum Gasteiger partial charge on any atom is 0.237 e. The lowest BCUT2D eigenvalue weighted by Crippen LogP contribution is -2.50. The minimum Gasteiger partial charge on any atom is -0.392 e. The number of hydrogen-bond donors (Lipinski definition) is 3. The lowest BCUT2D eigenvalue weighted by Gasteiger charge is -2.26. The molecule has 0 saturated carbocycles. The van der Waals surface area contributed by atoms with Crippen LogP contribution in [0, 0.1) is 5.41 Å². The fourth-order valence-corrected chi connectivity index (χ4v) is 1.66. The number of aliphatic hydroxyl groups is 1. The second kappa shape index (κ2) is 6.53. The lowest BCUT2D eigenvalue weighted by molar-refractivity contribution is -0.124. The van der Waals surface area contributed by atoms with Crippen molar-refractivity contribution in [1.29, 1.82) is 0 Å². The molecule has 18 heavy (non-hydrogen) atoms. The average molecular weight is 258 g/mol. The van der Waals surface area contributed by atoms with E-state index in [4.69, 9.17) is 0 Å². The van der Waals surface area contributed by atoms with Crippen LogP contribution in [0.15, 0.2) is 0 Å². The summed E-state index contributed by atoms with van der Waals surface area (Å²) in [6.45, 7) is 14.4. The van der Waals surface area contributed by atoms with Gasteiger partial charge in [-0.15, -0.1) is 0 Å². The molecular formula is C14H30N2O2. The normalized spacial score (nSPS) is 16.2. The summed E-state index contributed by atoms with van der Waals surface area (Å²) in [5.41, 5.74) is -0.130. The Bertz CT molecular complexity index is 264. The number of amides is 1. The first-order chi connectivity index (χ1) is 7.91. The average Bonchev–Trinajstić information content (AvgIpc) is 2.08. The Kier molecular flexibility index (Phi) is 6.30. The van der Waals surface area contributed by atoms with Gasteiger partial charge in [0.15, 0.2) is 0 Å². The van der Waals surface area contributed by atoms with Gasteiger partial charge in [0.1, 0.15) is 0 Å². The van der Waals surface area contributed by atoms with Crippen molar-refractivity contribution in [3.05, 3.63) is 0 Å². The molecule has 0 bridgehead atoms. The van der Waals surface area contributed by atoms with Crippen LogP contribution >= 0.6 is 0 Å². The standard InChI is InChI=1S/C14H30N2O2/c1-10(12(18)16-14(5,6)7)15-9-11(17)8-13(2,3)4/h10-11,15,17H,8-9H2,1-7H3,(H,16,18). The van der Waals surface area contributed by atoms with E-state index < -0.39 is 6.10 Å². The maximum atomic E-state index is 11.8. The molecule has 108 valence electrons. The first-order valence-electron chi connectivity index (χ1n) is 6.64. The van der Waals surface area contributed by atoms with Crippen LogP contribution in [0.5, 0.6) is 0 Å². The Balaban J connectivity index is 4.03. The van der Waals surface area contributed by atoms with Crippen molar-refractivity contribution in [3.8, 4) is 0 Å². The topological polar surface area (TPSA) is 61.4 Å². The van der Waals surface area contributed by atoms with E-state index in [-0.39, 0.29) is 22.9 Å². The molecule has 0 aliphatic carbocycles. The molecule has 2 unspecified atom stereocenters. The third-order valence-electron chi connectivity index (χ3n) is 2.40. The number of aliphatic hydroxyl groups excluding tert-OH is 1. The van der Waals surface area contributed by atoms with Crippen LogP contribution in [0.25, 0.3) is 0 Å². The number of carbonyl (C=O) groups excluding carboxylic acids is 1.